The van der Waals surface area contributed by atoms with Crippen molar-refractivity contribution in [1.82, 2.24) is 29.8 Å². The number of hydrogen-bond acceptors (Lipinski definition) is 15. The van der Waals surface area contributed by atoms with Gasteiger partial charge in [0.15, 0.2) is 9.47 Å². The third kappa shape index (κ3) is 4.59. The Morgan fingerprint density at radius 2 is 2.15 bits per heavy atom. The van der Waals surface area contributed by atoms with Crippen molar-refractivity contribution in [3.05, 3.63) is 17.1 Å². The van der Waals surface area contributed by atoms with Crippen LogP contribution < -0.4 is 16.8 Å². The Labute approximate surface area is 202 Å². The summed E-state index contributed by atoms with van der Waals surface area (Å²) in [6.07, 6.45) is 0. The number of carbonyl (C=O) groups excluding carboxylic acids is 2. The number of rotatable bonds is 8. The van der Waals surface area contributed by atoms with Crippen LogP contribution in [0.5, 0.6) is 0 Å². The van der Waals surface area contributed by atoms with Gasteiger partial charge in [-0.25, -0.2) is 4.79 Å². The molecule has 2 aliphatic heterocycles. The highest BCUT2D eigenvalue weighted by molar-refractivity contribution is 8.01. The Balaban J connectivity index is 1.49. The number of fused-ring (bicyclic) bond motifs is 1. The van der Waals surface area contributed by atoms with Gasteiger partial charge in [-0.15, -0.1) is 22.0 Å². The maximum absolute atomic E-state index is 12.8. The van der Waals surface area contributed by atoms with E-state index in [4.69, 9.17) is 11.5 Å². The van der Waals surface area contributed by atoms with E-state index < -0.39 is 29.2 Å². The number of β-lactam (4-membered cyclic amide) rings is 1. The van der Waals surface area contributed by atoms with Gasteiger partial charge in [0.05, 0.1) is 0 Å². The zero-order chi connectivity index (χ0) is 23.7. The Hall–Kier alpha value is -2.96. The molecule has 14 nitrogen and oxygen atoms in total. The van der Waals surface area contributed by atoms with Gasteiger partial charge in [-0.2, -0.15) is 9.36 Å². The molecule has 4 heterocycles. The maximum atomic E-state index is 12.8. The van der Waals surface area contributed by atoms with E-state index in [0.29, 0.717) is 26.6 Å². The fourth-order valence-electron chi connectivity index (χ4n) is 3.04. The number of anilines is 2. The average molecular weight is 530 g/mol. The summed E-state index contributed by atoms with van der Waals surface area (Å²) in [7, 11) is 1.25. The van der Waals surface area contributed by atoms with Gasteiger partial charge < -0.3 is 26.7 Å². The number of oxime groups is 1. The quantitative estimate of drug-likeness (QED) is 0.146. The fourth-order valence-corrected chi connectivity index (χ4v) is 6.59. The summed E-state index contributed by atoms with van der Waals surface area (Å²) in [5, 5.41) is 23.4. The number of carbonyl (C=O) groups is 3. The molecule has 2 atom stereocenters. The van der Waals surface area contributed by atoms with Gasteiger partial charge in [0.1, 0.15) is 24.2 Å². The predicted octanol–water partition coefficient (Wildman–Crippen LogP) is -0.565. The summed E-state index contributed by atoms with van der Waals surface area (Å²) in [5.74, 6) is -1.91. The lowest BCUT2D eigenvalue weighted by atomic mass is 10.0. The number of hydrogen-bond donors (Lipinski definition) is 4. The highest BCUT2D eigenvalue weighted by atomic mass is 32.2. The summed E-state index contributed by atoms with van der Waals surface area (Å²) in [6, 6.07) is -0.952. The molecule has 1 fully saturated rings. The second kappa shape index (κ2) is 9.49. The Kier molecular flexibility index (Phi) is 6.68. The second-order valence-electron chi connectivity index (χ2n) is 6.39. The molecule has 0 bridgehead atoms. The summed E-state index contributed by atoms with van der Waals surface area (Å²) in [4.78, 5) is 47.3. The van der Waals surface area contributed by atoms with Gasteiger partial charge in [-0.05, 0) is 5.57 Å². The molecule has 4 rings (SSSR count). The van der Waals surface area contributed by atoms with E-state index in [1.165, 1.54) is 46.9 Å². The molecule has 2 aliphatic rings. The summed E-state index contributed by atoms with van der Waals surface area (Å²) < 4.78 is 4.52. The van der Waals surface area contributed by atoms with Crippen LogP contribution in [0, 0.1) is 0 Å². The number of aromatic nitrogens is 4. The van der Waals surface area contributed by atoms with Gasteiger partial charge in [-0.1, -0.05) is 28.3 Å². The molecule has 0 spiro atoms. The molecule has 0 aromatic carbocycles. The molecule has 174 valence electrons. The van der Waals surface area contributed by atoms with Crippen LogP contribution in [0.3, 0.4) is 0 Å². The van der Waals surface area contributed by atoms with Crippen molar-refractivity contribution in [3.63, 3.8) is 0 Å². The lowest BCUT2D eigenvalue weighted by molar-refractivity contribution is -0.150. The molecule has 33 heavy (non-hydrogen) atoms. The summed E-state index contributed by atoms with van der Waals surface area (Å²) >= 11 is 4.69. The van der Waals surface area contributed by atoms with E-state index in [9.17, 15) is 19.5 Å². The Morgan fingerprint density at radius 1 is 1.36 bits per heavy atom. The minimum absolute atomic E-state index is 0.0421. The number of aliphatic carboxylic acids is 1. The monoisotopic (exact) mass is 529 g/mol. The molecule has 18 heteroatoms. The number of amides is 2. The number of carboxylic acids is 1. The van der Waals surface area contributed by atoms with Crippen molar-refractivity contribution in [2.75, 3.05) is 30.1 Å². The molecule has 0 aliphatic carbocycles. The smallest absolute Gasteiger partial charge is 0.352 e. The Bertz CT molecular complexity index is 1180. The molecule has 2 amide bonds. The topological polar surface area (TPSA) is 212 Å². The minimum Gasteiger partial charge on any atom is -0.477 e. The van der Waals surface area contributed by atoms with Crippen molar-refractivity contribution < 1.29 is 24.3 Å². The van der Waals surface area contributed by atoms with E-state index >= 15 is 0 Å². The number of nitrogens with zero attached hydrogens (tertiary/aromatic N) is 6. The van der Waals surface area contributed by atoms with Crippen LogP contribution in [0.15, 0.2) is 20.8 Å². The SMILES string of the molecule is CO/N=C(/C(=O)NC1C(=O)N2C(C(=O)O)=C(CSc3nnc(N)s3)CS[C@H]12)c1nsc(N)n1. The number of thioether (sulfide) groups is 2. The normalized spacial score (nSPS) is 20.3. The summed E-state index contributed by atoms with van der Waals surface area (Å²) in [6.45, 7) is 0. The van der Waals surface area contributed by atoms with E-state index in [1.54, 1.807) is 0 Å². The molecular weight excluding hydrogens is 514 g/mol. The van der Waals surface area contributed by atoms with Gasteiger partial charge in [0.2, 0.25) is 16.7 Å². The molecule has 0 radical (unpaired) electrons. The first kappa shape index (κ1) is 23.2. The van der Waals surface area contributed by atoms with Crippen LogP contribution in [0.25, 0.3) is 0 Å². The van der Waals surface area contributed by atoms with Crippen LogP contribution in [-0.4, -0.2) is 83.1 Å². The molecule has 6 N–H and O–H groups in total. The lowest BCUT2D eigenvalue weighted by Crippen LogP contribution is -2.71. The number of nitrogens with one attached hydrogen (secondary N) is 1. The third-order valence-electron chi connectivity index (χ3n) is 4.38. The highest BCUT2D eigenvalue weighted by Crippen LogP contribution is 2.41. The first-order chi connectivity index (χ1) is 15.8. The molecule has 1 unspecified atom stereocenters. The third-order valence-corrected chi connectivity index (χ3v) is 8.23. The zero-order valence-corrected chi connectivity index (χ0v) is 19.9. The molecule has 0 saturated carbocycles. The van der Waals surface area contributed by atoms with Crippen LogP contribution >= 0.6 is 46.4 Å². The predicted molar refractivity (Wildman–Crippen MR) is 123 cm³/mol. The van der Waals surface area contributed by atoms with Gasteiger partial charge in [0, 0.05) is 23.0 Å². The Morgan fingerprint density at radius 3 is 2.76 bits per heavy atom. The number of nitrogen functional groups attached to an aromatic ring is 2. The second-order valence-corrected chi connectivity index (χ2v) is 10.5. The largest absolute Gasteiger partial charge is 0.477 e. The number of nitrogens with two attached hydrogens (primary N) is 2. The average Bonchev–Trinajstić information content (AvgIpc) is 3.40. The van der Waals surface area contributed by atoms with Crippen LogP contribution in [0.1, 0.15) is 5.82 Å². The van der Waals surface area contributed by atoms with Crippen LogP contribution in [0.2, 0.25) is 0 Å². The lowest BCUT2D eigenvalue weighted by Gasteiger charge is -2.49. The zero-order valence-electron chi connectivity index (χ0n) is 16.6. The highest BCUT2D eigenvalue weighted by Gasteiger charge is 2.54. The molecule has 1 saturated heterocycles. The van der Waals surface area contributed by atoms with Crippen molar-refractivity contribution >= 4 is 80.2 Å². The van der Waals surface area contributed by atoms with Crippen LogP contribution in [-0.2, 0) is 19.2 Å². The summed E-state index contributed by atoms with van der Waals surface area (Å²) in [5.41, 5.74) is 11.3. The number of carboxylic acid groups (broad SMARTS) is 1. The van der Waals surface area contributed by atoms with Gasteiger partial charge >= 0.3 is 5.97 Å². The molecule has 2 aromatic heterocycles. The van der Waals surface area contributed by atoms with E-state index in [1.807, 2.05) is 0 Å². The molecule has 2 aromatic rings. The van der Waals surface area contributed by atoms with Gasteiger partial charge in [0.25, 0.3) is 11.8 Å². The van der Waals surface area contributed by atoms with Crippen molar-refractivity contribution in [1.29, 1.82) is 0 Å². The van der Waals surface area contributed by atoms with Crippen molar-refractivity contribution in [3.8, 4) is 0 Å². The maximum Gasteiger partial charge on any atom is 0.352 e. The first-order valence-corrected chi connectivity index (χ1v) is 12.6. The van der Waals surface area contributed by atoms with Gasteiger partial charge in [-0.3, -0.25) is 14.5 Å². The van der Waals surface area contributed by atoms with Crippen molar-refractivity contribution in [2.24, 2.45) is 5.16 Å². The van der Waals surface area contributed by atoms with E-state index in [2.05, 4.69) is 34.9 Å². The van der Waals surface area contributed by atoms with Crippen LogP contribution in [0.4, 0.5) is 10.3 Å². The van der Waals surface area contributed by atoms with E-state index in [-0.39, 0.29) is 22.4 Å². The fraction of sp³-hybridized carbons (Fsp3) is 0.333. The molecular formula is C15H15N9O5S4. The first-order valence-electron chi connectivity index (χ1n) is 8.93. The minimum atomic E-state index is -1.23. The van der Waals surface area contributed by atoms with E-state index in [0.717, 1.165) is 11.5 Å². The standard InChI is InChI=1S/C15H15N9O5S4/c1-29-22-5(8-19-13(16)33-23-8)9(25)18-6-10(26)24-7(12(27)28)4(2-30-11(6)24)3-31-15-21-20-14(17)32-15/h6,11H,2-3H2,1H3,(H2,17,20)(H,18,25)(H,27,28)(H2,16,19,23)/b22-5+/t6?,11-/m1/s1. The van der Waals surface area contributed by atoms with Crippen molar-refractivity contribution in [2.45, 2.75) is 15.8 Å².